The minimum atomic E-state index is -0.0451. The van der Waals surface area contributed by atoms with Gasteiger partial charge in [-0.2, -0.15) is 5.10 Å². The van der Waals surface area contributed by atoms with Crippen LogP contribution in [0, 0.1) is 6.92 Å². The number of rotatable bonds is 2. The van der Waals surface area contributed by atoms with Gasteiger partial charge < -0.3 is 16.8 Å². The molecule has 1 saturated heterocycles. The van der Waals surface area contributed by atoms with Gasteiger partial charge in [-0.1, -0.05) is 0 Å². The molecule has 6 N–H and O–H groups in total. The second kappa shape index (κ2) is 3.59. The molecule has 0 aromatic carbocycles. The lowest BCUT2D eigenvalue weighted by Gasteiger charge is -2.19. The molecule has 0 saturated carbocycles. The molecule has 14 heavy (non-hydrogen) atoms. The first kappa shape index (κ1) is 9.48. The maximum atomic E-state index is 6.14. The van der Waals surface area contributed by atoms with Crippen molar-refractivity contribution in [2.45, 2.75) is 31.8 Å². The van der Waals surface area contributed by atoms with Crippen molar-refractivity contribution in [3.05, 3.63) is 11.3 Å². The van der Waals surface area contributed by atoms with E-state index < -0.39 is 0 Å². The Morgan fingerprint density at radius 3 is 2.86 bits per heavy atom. The molecule has 2 rings (SSSR count). The summed E-state index contributed by atoms with van der Waals surface area (Å²) in [6.07, 6.45) is 2.31. The molecule has 0 radical (unpaired) electrons. The highest BCUT2D eigenvalue weighted by Crippen LogP contribution is 2.26. The number of hydrogen-bond acceptors (Lipinski definition) is 4. The van der Waals surface area contributed by atoms with Gasteiger partial charge in [-0.3, -0.25) is 5.10 Å². The highest BCUT2D eigenvalue weighted by Gasteiger charge is 2.26. The summed E-state index contributed by atoms with van der Waals surface area (Å²) in [5.74, 6) is 0.531. The number of H-pyrrole nitrogens is 1. The Balaban J connectivity index is 2.21. The Kier molecular flexibility index (Phi) is 2.43. The van der Waals surface area contributed by atoms with E-state index in [0.29, 0.717) is 11.9 Å². The second-order valence-corrected chi connectivity index (χ2v) is 3.88. The zero-order valence-corrected chi connectivity index (χ0v) is 8.38. The van der Waals surface area contributed by atoms with Gasteiger partial charge in [0.1, 0.15) is 5.82 Å². The molecule has 1 fully saturated rings. The SMILES string of the molecule is Cc1[nH]nc(N)c1C(N)C1CCCN1. The summed E-state index contributed by atoms with van der Waals surface area (Å²) in [7, 11) is 0. The van der Waals surface area contributed by atoms with Gasteiger partial charge in [0.15, 0.2) is 0 Å². The summed E-state index contributed by atoms with van der Waals surface area (Å²) in [4.78, 5) is 0. The molecule has 1 aromatic heterocycles. The van der Waals surface area contributed by atoms with E-state index in [9.17, 15) is 0 Å². The van der Waals surface area contributed by atoms with Gasteiger partial charge in [-0.25, -0.2) is 0 Å². The summed E-state index contributed by atoms with van der Waals surface area (Å²) in [5.41, 5.74) is 13.8. The highest BCUT2D eigenvalue weighted by molar-refractivity contribution is 5.44. The zero-order chi connectivity index (χ0) is 10.1. The Hall–Kier alpha value is -1.07. The lowest BCUT2D eigenvalue weighted by atomic mass is 9.99. The third-order valence-electron chi connectivity index (χ3n) is 2.89. The zero-order valence-electron chi connectivity index (χ0n) is 8.38. The van der Waals surface area contributed by atoms with E-state index in [1.807, 2.05) is 6.92 Å². The Labute approximate surface area is 83.2 Å². The molecule has 0 aliphatic carbocycles. The number of hydrogen-bond donors (Lipinski definition) is 4. The van der Waals surface area contributed by atoms with Crippen LogP contribution in [-0.2, 0) is 0 Å². The number of aromatic nitrogens is 2. The fraction of sp³-hybridized carbons (Fsp3) is 0.667. The maximum Gasteiger partial charge on any atom is 0.150 e. The van der Waals surface area contributed by atoms with Crippen LogP contribution in [0.2, 0.25) is 0 Å². The van der Waals surface area contributed by atoms with Crippen molar-refractivity contribution in [1.29, 1.82) is 0 Å². The van der Waals surface area contributed by atoms with Crippen LogP contribution in [0.15, 0.2) is 0 Å². The predicted molar refractivity (Wildman–Crippen MR) is 55.7 cm³/mol. The molecule has 2 atom stereocenters. The summed E-state index contributed by atoms with van der Waals surface area (Å²) in [5, 5.41) is 10.2. The maximum absolute atomic E-state index is 6.14. The van der Waals surface area contributed by atoms with Gasteiger partial charge in [0.2, 0.25) is 0 Å². The molecular weight excluding hydrogens is 178 g/mol. The van der Waals surface area contributed by atoms with Gasteiger partial charge in [-0.05, 0) is 26.3 Å². The molecule has 0 bridgehead atoms. The van der Waals surface area contributed by atoms with Crippen LogP contribution in [0.3, 0.4) is 0 Å². The molecule has 5 nitrogen and oxygen atoms in total. The summed E-state index contributed by atoms with van der Waals surface area (Å²) in [6.45, 7) is 3.00. The minimum absolute atomic E-state index is 0.0451. The van der Waals surface area contributed by atoms with Gasteiger partial charge in [0, 0.05) is 17.3 Å². The lowest BCUT2D eigenvalue weighted by molar-refractivity contribution is 0.500. The summed E-state index contributed by atoms with van der Waals surface area (Å²) >= 11 is 0. The molecule has 5 heteroatoms. The average molecular weight is 195 g/mol. The number of aromatic amines is 1. The van der Waals surface area contributed by atoms with Gasteiger partial charge >= 0.3 is 0 Å². The van der Waals surface area contributed by atoms with Crippen LogP contribution in [0.25, 0.3) is 0 Å². The Morgan fingerprint density at radius 1 is 1.57 bits per heavy atom. The monoisotopic (exact) mass is 195 g/mol. The smallest absolute Gasteiger partial charge is 0.150 e. The largest absolute Gasteiger partial charge is 0.382 e. The first-order valence-electron chi connectivity index (χ1n) is 4.99. The van der Waals surface area contributed by atoms with Crippen LogP contribution < -0.4 is 16.8 Å². The number of aryl methyl sites for hydroxylation is 1. The van der Waals surface area contributed by atoms with Crippen LogP contribution in [0.5, 0.6) is 0 Å². The van der Waals surface area contributed by atoms with E-state index in [1.54, 1.807) is 0 Å². The number of nitrogens with two attached hydrogens (primary N) is 2. The molecular formula is C9H17N5. The quantitative estimate of drug-likeness (QED) is 0.536. The van der Waals surface area contributed by atoms with Gasteiger partial charge in [0.25, 0.3) is 0 Å². The van der Waals surface area contributed by atoms with Crippen molar-refractivity contribution in [1.82, 2.24) is 15.5 Å². The molecule has 0 spiro atoms. The Bertz CT molecular complexity index is 294. The topological polar surface area (TPSA) is 92.8 Å². The van der Waals surface area contributed by atoms with Crippen molar-refractivity contribution in [3.8, 4) is 0 Å². The van der Waals surface area contributed by atoms with Crippen LogP contribution in [-0.4, -0.2) is 22.8 Å². The molecule has 1 aliphatic rings. The minimum Gasteiger partial charge on any atom is -0.382 e. The number of nitrogens with zero attached hydrogens (tertiary/aromatic N) is 1. The molecule has 1 aliphatic heterocycles. The highest BCUT2D eigenvalue weighted by atomic mass is 15.2. The fourth-order valence-corrected chi connectivity index (χ4v) is 2.10. The molecule has 1 aromatic rings. The second-order valence-electron chi connectivity index (χ2n) is 3.88. The standard InChI is InChI=1S/C9H17N5/c1-5-7(9(11)14-13-5)8(10)6-3-2-4-12-6/h6,8,12H,2-4,10H2,1H3,(H3,11,13,14). The lowest BCUT2D eigenvalue weighted by Crippen LogP contribution is -2.34. The first-order chi connectivity index (χ1) is 6.70. The van der Waals surface area contributed by atoms with E-state index in [4.69, 9.17) is 11.5 Å². The number of anilines is 1. The van der Waals surface area contributed by atoms with Crippen molar-refractivity contribution in [2.75, 3.05) is 12.3 Å². The fourth-order valence-electron chi connectivity index (χ4n) is 2.10. The average Bonchev–Trinajstić information content (AvgIpc) is 2.75. The third kappa shape index (κ3) is 1.49. The van der Waals surface area contributed by atoms with Crippen LogP contribution in [0.4, 0.5) is 5.82 Å². The van der Waals surface area contributed by atoms with Crippen LogP contribution >= 0.6 is 0 Å². The van der Waals surface area contributed by atoms with E-state index in [-0.39, 0.29) is 6.04 Å². The van der Waals surface area contributed by atoms with Crippen molar-refractivity contribution < 1.29 is 0 Å². The van der Waals surface area contributed by atoms with Crippen LogP contribution in [0.1, 0.15) is 30.1 Å². The molecule has 78 valence electrons. The normalized spacial score (nSPS) is 24.0. The van der Waals surface area contributed by atoms with E-state index in [1.165, 1.54) is 6.42 Å². The van der Waals surface area contributed by atoms with Crippen molar-refractivity contribution >= 4 is 5.82 Å². The molecule has 2 heterocycles. The summed E-state index contributed by atoms with van der Waals surface area (Å²) < 4.78 is 0. The number of nitrogen functional groups attached to an aromatic ring is 1. The first-order valence-corrected chi connectivity index (χ1v) is 4.99. The molecule has 2 unspecified atom stereocenters. The van der Waals surface area contributed by atoms with Crippen molar-refractivity contribution in [3.63, 3.8) is 0 Å². The Morgan fingerprint density at radius 2 is 2.36 bits per heavy atom. The van der Waals surface area contributed by atoms with E-state index in [0.717, 1.165) is 24.2 Å². The molecule has 0 amide bonds. The van der Waals surface area contributed by atoms with E-state index in [2.05, 4.69) is 15.5 Å². The van der Waals surface area contributed by atoms with Crippen molar-refractivity contribution in [2.24, 2.45) is 5.73 Å². The van der Waals surface area contributed by atoms with Gasteiger partial charge in [-0.15, -0.1) is 0 Å². The summed E-state index contributed by atoms with van der Waals surface area (Å²) in [6, 6.07) is 0.296. The predicted octanol–water partition coefficient (Wildman–Crippen LogP) is 0.0521. The third-order valence-corrected chi connectivity index (χ3v) is 2.89. The number of nitrogens with one attached hydrogen (secondary N) is 2. The van der Waals surface area contributed by atoms with Gasteiger partial charge in [0.05, 0.1) is 6.04 Å². The van der Waals surface area contributed by atoms with E-state index >= 15 is 0 Å².